The highest BCUT2D eigenvalue weighted by molar-refractivity contribution is 5.94. The molecule has 0 saturated carbocycles. The molecule has 7 heteroatoms. The van der Waals surface area contributed by atoms with E-state index in [0.29, 0.717) is 5.56 Å². The van der Waals surface area contributed by atoms with Crippen LogP contribution in [0.3, 0.4) is 0 Å². The quantitative estimate of drug-likeness (QED) is 0.770. The predicted molar refractivity (Wildman–Crippen MR) is 118 cm³/mol. The van der Waals surface area contributed by atoms with Crippen LogP contribution in [0.4, 0.5) is 0 Å². The maximum Gasteiger partial charge on any atom is 0.253 e. The van der Waals surface area contributed by atoms with Crippen LogP contribution < -0.4 is 0 Å². The maximum atomic E-state index is 12.6. The smallest absolute Gasteiger partial charge is 0.253 e. The third-order valence-electron chi connectivity index (χ3n) is 5.64. The molecule has 1 saturated heterocycles. The van der Waals surface area contributed by atoms with Crippen molar-refractivity contribution in [1.82, 2.24) is 14.7 Å². The number of hydrogen-bond donors (Lipinski definition) is 1. The molecule has 7 nitrogen and oxygen atoms in total. The van der Waals surface area contributed by atoms with Crippen molar-refractivity contribution in [2.45, 2.75) is 18.0 Å². The molecular formula is C24H28N4O3. The van der Waals surface area contributed by atoms with Gasteiger partial charge in [-0.15, -0.1) is 0 Å². The lowest BCUT2D eigenvalue weighted by molar-refractivity contribution is -0.147. The van der Waals surface area contributed by atoms with Gasteiger partial charge in [0.1, 0.15) is 6.04 Å². The fourth-order valence-electron chi connectivity index (χ4n) is 4.18. The largest absolute Gasteiger partial charge is 0.394 e. The maximum absolute atomic E-state index is 12.6. The summed E-state index contributed by atoms with van der Waals surface area (Å²) in [5.41, 5.74) is 3.35. The van der Waals surface area contributed by atoms with Crippen molar-refractivity contribution in [3.63, 3.8) is 0 Å². The van der Waals surface area contributed by atoms with E-state index in [-0.39, 0.29) is 30.9 Å². The van der Waals surface area contributed by atoms with Gasteiger partial charge in [-0.2, -0.15) is 5.26 Å². The van der Waals surface area contributed by atoms with E-state index in [9.17, 15) is 20.0 Å². The number of carbonyl (C=O) groups is 2. The number of carbonyl (C=O) groups excluding carboxylic acids is 2. The third kappa shape index (κ3) is 4.31. The molecule has 31 heavy (non-hydrogen) atoms. The minimum absolute atomic E-state index is 0.0706. The van der Waals surface area contributed by atoms with Crippen molar-refractivity contribution in [3.8, 4) is 17.2 Å². The molecular weight excluding hydrogens is 392 g/mol. The zero-order valence-corrected chi connectivity index (χ0v) is 18.3. The van der Waals surface area contributed by atoms with Gasteiger partial charge in [-0.1, -0.05) is 36.4 Å². The van der Waals surface area contributed by atoms with Gasteiger partial charge >= 0.3 is 0 Å². The Balaban J connectivity index is 1.95. The highest BCUT2D eigenvalue weighted by Crippen LogP contribution is 2.44. The molecule has 0 spiro atoms. The molecule has 1 aliphatic heterocycles. The number of likely N-dealkylation sites (N-methyl/N-ethyl adjacent to an activating group) is 1. The Labute approximate surface area is 183 Å². The lowest BCUT2D eigenvalue weighted by atomic mass is 9.73. The second-order valence-corrected chi connectivity index (χ2v) is 8.25. The first-order valence-corrected chi connectivity index (χ1v) is 10.2. The number of nitrogens with zero attached hydrogens (tertiary/aromatic N) is 4. The summed E-state index contributed by atoms with van der Waals surface area (Å²) in [6.07, 6.45) is 0. The van der Waals surface area contributed by atoms with E-state index < -0.39 is 12.1 Å². The third-order valence-corrected chi connectivity index (χ3v) is 5.64. The average Bonchev–Trinajstić information content (AvgIpc) is 2.73. The van der Waals surface area contributed by atoms with Crippen LogP contribution in [0.25, 0.3) is 11.1 Å². The number of aliphatic hydroxyl groups excluding tert-OH is 1. The highest BCUT2D eigenvalue weighted by Gasteiger charge is 2.52. The van der Waals surface area contributed by atoms with Crippen LogP contribution in [-0.2, 0) is 4.79 Å². The molecule has 1 N–H and O–H groups in total. The molecule has 1 fully saturated rings. The topological polar surface area (TPSA) is 87.9 Å². The van der Waals surface area contributed by atoms with Gasteiger partial charge in [-0.25, -0.2) is 0 Å². The van der Waals surface area contributed by atoms with E-state index in [1.807, 2.05) is 36.4 Å². The molecule has 2 amide bonds. The van der Waals surface area contributed by atoms with Gasteiger partial charge in [0.15, 0.2) is 0 Å². The molecule has 162 valence electrons. The normalized spacial score (nSPS) is 20.2. The van der Waals surface area contributed by atoms with Crippen LogP contribution in [0, 0.1) is 11.3 Å². The van der Waals surface area contributed by atoms with Gasteiger partial charge in [-0.3, -0.25) is 9.59 Å². The Kier molecular flexibility index (Phi) is 6.74. The lowest BCUT2D eigenvalue weighted by Gasteiger charge is -2.52. The predicted octanol–water partition coefficient (Wildman–Crippen LogP) is 1.80. The number of aliphatic hydroxyl groups is 1. The minimum Gasteiger partial charge on any atom is -0.394 e. The molecule has 1 heterocycles. The highest BCUT2D eigenvalue weighted by atomic mass is 16.3. The van der Waals surface area contributed by atoms with Crippen LogP contribution in [0.15, 0.2) is 48.5 Å². The molecule has 2 aromatic carbocycles. The van der Waals surface area contributed by atoms with Gasteiger partial charge < -0.3 is 19.8 Å². The first-order valence-electron chi connectivity index (χ1n) is 10.2. The Hall–Kier alpha value is -3.21. The van der Waals surface area contributed by atoms with E-state index in [4.69, 9.17) is 0 Å². The van der Waals surface area contributed by atoms with Gasteiger partial charge in [0.25, 0.3) is 5.91 Å². The Morgan fingerprint density at radius 3 is 2.26 bits per heavy atom. The van der Waals surface area contributed by atoms with Crippen molar-refractivity contribution in [2.24, 2.45) is 0 Å². The zero-order chi connectivity index (χ0) is 22.7. The standard InChI is InChI=1S/C24H28N4O3/c1-26(2)14-22(30)28-20(13-25)23(21(28)15-29)19-8-6-5-7-18(19)16-9-11-17(12-10-16)24(31)27(3)4/h5-12,20-21,23,29H,14-15H2,1-4H3/t20-,21+,23+/m0/s1. The van der Waals surface area contributed by atoms with Crippen molar-refractivity contribution < 1.29 is 14.7 Å². The van der Waals surface area contributed by atoms with E-state index in [1.54, 1.807) is 45.2 Å². The SMILES string of the molecule is CN(C)CC(=O)N1[C@H](CO)[C@H](c2ccccc2-c2ccc(C(=O)N(C)C)cc2)[C@@H]1C#N. The second kappa shape index (κ2) is 9.29. The summed E-state index contributed by atoms with van der Waals surface area (Å²) < 4.78 is 0. The summed E-state index contributed by atoms with van der Waals surface area (Å²) >= 11 is 0. The molecule has 2 aromatic rings. The average molecular weight is 421 g/mol. The zero-order valence-electron chi connectivity index (χ0n) is 18.3. The molecule has 0 radical (unpaired) electrons. The van der Waals surface area contributed by atoms with Crippen molar-refractivity contribution in [1.29, 1.82) is 5.26 Å². The Bertz CT molecular complexity index is 995. The number of likely N-dealkylation sites (tertiary alicyclic amines) is 1. The summed E-state index contributed by atoms with van der Waals surface area (Å²) in [7, 11) is 7.01. The second-order valence-electron chi connectivity index (χ2n) is 8.25. The number of amides is 2. The molecule has 3 atom stereocenters. The Morgan fingerprint density at radius 2 is 1.71 bits per heavy atom. The van der Waals surface area contributed by atoms with Crippen molar-refractivity contribution >= 4 is 11.8 Å². The van der Waals surface area contributed by atoms with Crippen molar-refractivity contribution in [2.75, 3.05) is 41.3 Å². The van der Waals surface area contributed by atoms with E-state index in [1.165, 1.54) is 9.80 Å². The molecule has 0 unspecified atom stereocenters. The van der Waals surface area contributed by atoms with Crippen molar-refractivity contribution in [3.05, 3.63) is 59.7 Å². The molecule has 0 bridgehead atoms. The van der Waals surface area contributed by atoms with E-state index >= 15 is 0 Å². The van der Waals surface area contributed by atoms with Gasteiger partial charge in [0, 0.05) is 25.6 Å². The van der Waals surface area contributed by atoms with Crippen LogP contribution in [-0.4, -0.2) is 85.0 Å². The monoisotopic (exact) mass is 420 g/mol. The molecule has 0 aromatic heterocycles. The first kappa shape index (κ1) is 22.5. The van der Waals surface area contributed by atoms with Crippen LogP contribution >= 0.6 is 0 Å². The number of nitriles is 1. The number of benzene rings is 2. The molecule has 0 aliphatic carbocycles. The van der Waals surface area contributed by atoms with Gasteiger partial charge in [0.05, 0.1) is 25.3 Å². The van der Waals surface area contributed by atoms with E-state index in [0.717, 1.165) is 16.7 Å². The number of hydrogen-bond acceptors (Lipinski definition) is 5. The van der Waals surface area contributed by atoms with Crippen LogP contribution in [0.5, 0.6) is 0 Å². The molecule has 3 rings (SSSR count). The summed E-state index contributed by atoms with van der Waals surface area (Å²) in [6, 6.07) is 16.2. The van der Waals surface area contributed by atoms with Crippen LogP contribution in [0.2, 0.25) is 0 Å². The van der Waals surface area contributed by atoms with Crippen LogP contribution in [0.1, 0.15) is 21.8 Å². The summed E-state index contributed by atoms with van der Waals surface area (Å²) in [5.74, 6) is -0.532. The Morgan fingerprint density at radius 1 is 1.06 bits per heavy atom. The fraction of sp³-hybridized carbons (Fsp3) is 0.375. The van der Waals surface area contributed by atoms with Gasteiger partial charge in [0.2, 0.25) is 5.91 Å². The first-order chi connectivity index (χ1) is 14.8. The summed E-state index contributed by atoms with van der Waals surface area (Å²) in [4.78, 5) is 29.6. The minimum atomic E-state index is -0.639. The van der Waals surface area contributed by atoms with Gasteiger partial charge in [-0.05, 0) is 42.9 Å². The van der Waals surface area contributed by atoms with E-state index in [2.05, 4.69) is 6.07 Å². The fourth-order valence-corrected chi connectivity index (χ4v) is 4.18. The molecule has 1 aliphatic rings. The lowest BCUT2D eigenvalue weighted by Crippen LogP contribution is -2.66. The summed E-state index contributed by atoms with van der Waals surface area (Å²) in [5, 5.41) is 19.9. The summed E-state index contributed by atoms with van der Waals surface area (Å²) in [6.45, 7) is -0.0307. The number of rotatable bonds is 6.